The van der Waals surface area contributed by atoms with E-state index in [9.17, 15) is 14.7 Å². The molecule has 2 amide bonds. The van der Waals surface area contributed by atoms with Crippen LogP contribution < -0.4 is 9.64 Å². The van der Waals surface area contributed by atoms with Crippen molar-refractivity contribution in [2.75, 3.05) is 18.0 Å². The molecule has 0 aliphatic carbocycles. The van der Waals surface area contributed by atoms with E-state index in [2.05, 4.69) is 0 Å². The zero-order valence-corrected chi connectivity index (χ0v) is 15.7. The minimum absolute atomic E-state index is 0.0840. The highest BCUT2D eigenvalue weighted by atomic mass is 35.5. The van der Waals surface area contributed by atoms with Crippen molar-refractivity contribution in [2.45, 2.75) is 18.4 Å². The molecule has 140 valence electrons. The van der Waals surface area contributed by atoms with Gasteiger partial charge in [0.25, 0.3) is 0 Å². The van der Waals surface area contributed by atoms with Crippen molar-refractivity contribution in [2.24, 2.45) is 0 Å². The molecule has 2 aromatic rings. The zero-order valence-electron chi connectivity index (χ0n) is 14.1. The van der Waals surface area contributed by atoms with Crippen molar-refractivity contribution >= 4 is 41.1 Å². The number of anilines is 1. The summed E-state index contributed by atoms with van der Waals surface area (Å²) < 4.78 is 5.42. The van der Waals surface area contributed by atoms with Crippen LogP contribution in [0.5, 0.6) is 5.75 Å². The van der Waals surface area contributed by atoms with E-state index in [-0.39, 0.29) is 22.7 Å². The fourth-order valence-corrected chi connectivity index (χ4v) is 4.33. The summed E-state index contributed by atoms with van der Waals surface area (Å²) in [5.41, 5.74) is 1.63. The number of carboxylic acid groups (broad SMARTS) is 1. The van der Waals surface area contributed by atoms with Gasteiger partial charge in [-0.1, -0.05) is 41.4 Å². The first kappa shape index (κ1) is 17.9. The second-order valence-corrected chi connectivity index (χ2v) is 7.41. The van der Waals surface area contributed by atoms with Crippen molar-refractivity contribution in [1.29, 1.82) is 0 Å². The Kier molecular flexibility index (Phi) is 4.61. The Bertz CT molecular complexity index is 920. The summed E-state index contributed by atoms with van der Waals surface area (Å²) in [6.45, 7) is 0.790. The van der Waals surface area contributed by atoms with Crippen LogP contribution in [0.4, 0.5) is 15.3 Å². The highest BCUT2D eigenvalue weighted by Gasteiger charge is 2.45. The summed E-state index contributed by atoms with van der Waals surface area (Å²) in [4.78, 5) is 27.3. The number of nitrogens with zero attached hydrogens (tertiary/aromatic N) is 2. The molecule has 0 radical (unpaired) electrons. The summed E-state index contributed by atoms with van der Waals surface area (Å²) in [7, 11) is 0. The molecule has 8 heteroatoms. The number of hydrogen-bond donors (Lipinski definition) is 1. The predicted octanol–water partition coefficient (Wildman–Crippen LogP) is 4.85. The molecule has 0 bridgehead atoms. The molecule has 1 fully saturated rings. The standard InChI is InChI=1S/C19H16Cl2N2O4/c20-11-5-6-17(14(21)9-11)27-19(26)22-8-7-16-13(10-22)12-3-1-2-4-15(12)23(16)18(24)25/h1-6,9,13,16H,7-8,10H2,(H,24,25). The maximum Gasteiger partial charge on any atom is 0.415 e. The number of halogens is 2. The number of amides is 2. The Labute approximate surface area is 165 Å². The summed E-state index contributed by atoms with van der Waals surface area (Å²) in [5, 5.41) is 10.3. The molecule has 2 atom stereocenters. The van der Waals surface area contributed by atoms with E-state index in [4.69, 9.17) is 27.9 Å². The summed E-state index contributed by atoms with van der Waals surface area (Å²) >= 11 is 11.9. The van der Waals surface area contributed by atoms with E-state index in [0.717, 1.165) is 5.56 Å². The van der Waals surface area contributed by atoms with Crippen LogP contribution in [-0.4, -0.2) is 41.3 Å². The predicted molar refractivity (Wildman–Crippen MR) is 102 cm³/mol. The lowest BCUT2D eigenvalue weighted by Gasteiger charge is -2.36. The zero-order chi connectivity index (χ0) is 19.1. The van der Waals surface area contributed by atoms with Crippen molar-refractivity contribution < 1.29 is 19.4 Å². The molecule has 0 saturated carbocycles. The highest BCUT2D eigenvalue weighted by molar-refractivity contribution is 6.35. The molecule has 2 heterocycles. The first-order valence-corrected chi connectivity index (χ1v) is 9.24. The summed E-state index contributed by atoms with van der Waals surface area (Å²) in [6.07, 6.45) is -0.947. The van der Waals surface area contributed by atoms with Crippen LogP contribution in [-0.2, 0) is 0 Å². The van der Waals surface area contributed by atoms with Crippen molar-refractivity contribution in [3.63, 3.8) is 0 Å². The fraction of sp³-hybridized carbons (Fsp3) is 0.263. The molecule has 1 saturated heterocycles. The van der Waals surface area contributed by atoms with Crippen molar-refractivity contribution in [1.82, 2.24) is 4.90 Å². The average molecular weight is 407 g/mol. The molecule has 2 aliphatic heterocycles. The van der Waals surface area contributed by atoms with Crippen LogP contribution in [0.15, 0.2) is 42.5 Å². The Morgan fingerprint density at radius 3 is 2.67 bits per heavy atom. The number of carbonyl (C=O) groups excluding carboxylic acids is 1. The smallest absolute Gasteiger partial charge is 0.415 e. The number of fused-ring (bicyclic) bond motifs is 3. The van der Waals surface area contributed by atoms with Gasteiger partial charge in [0.2, 0.25) is 0 Å². The lowest BCUT2D eigenvalue weighted by molar-refractivity contribution is 0.132. The molecule has 6 nitrogen and oxygen atoms in total. The van der Waals surface area contributed by atoms with E-state index < -0.39 is 12.2 Å². The molecule has 0 aromatic heterocycles. The number of likely N-dealkylation sites (tertiary alicyclic amines) is 1. The minimum atomic E-state index is -0.973. The number of ether oxygens (including phenoxy) is 1. The lowest BCUT2D eigenvalue weighted by atomic mass is 9.89. The second kappa shape index (κ2) is 6.94. The van der Waals surface area contributed by atoms with Gasteiger partial charge < -0.3 is 14.7 Å². The van der Waals surface area contributed by atoms with Gasteiger partial charge in [-0.25, -0.2) is 9.59 Å². The Balaban J connectivity index is 1.54. The van der Waals surface area contributed by atoms with Gasteiger partial charge in [0.1, 0.15) is 0 Å². The lowest BCUT2D eigenvalue weighted by Crippen LogP contribution is -2.50. The maximum atomic E-state index is 12.6. The van der Waals surface area contributed by atoms with Gasteiger partial charge in [0, 0.05) is 24.0 Å². The topological polar surface area (TPSA) is 70.1 Å². The number of piperidine rings is 1. The van der Waals surface area contributed by atoms with Crippen LogP contribution in [0, 0.1) is 0 Å². The number of hydrogen-bond acceptors (Lipinski definition) is 3. The number of carbonyl (C=O) groups is 2. The Hall–Kier alpha value is -2.44. The van der Waals surface area contributed by atoms with E-state index in [1.165, 1.54) is 11.0 Å². The molecule has 1 N–H and O–H groups in total. The van der Waals surface area contributed by atoms with Gasteiger partial charge in [0.15, 0.2) is 5.75 Å². The minimum Gasteiger partial charge on any atom is -0.465 e. The number of benzene rings is 2. The van der Waals surface area contributed by atoms with Gasteiger partial charge in [-0.05, 0) is 36.2 Å². The number of para-hydroxylation sites is 1. The molecule has 0 spiro atoms. The fourth-order valence-electron chi connectivity index (χ4n) is 3.88. The third-order valence-electron chi connectivity index (χ3n) is 5.06. The van der Waals surface area contributed by atoms with Crippen LogP contribution in [0.3, 0.4) is 0 Å². The van der Waals surface area contributed by atoms with Crippen LogP contribution in [0.1, 0.15) is 17.9 Å². The Morgan fingerprint density at radius 2 is 1.93 bits per heavy atom. The third-order valence-corrected chi connectivity index (χ3v) is 5.59. The first-order valence-electron chi connectivity index (χ1n) is 8.48. The van der Waals surface area contributed by atoms with Gasteiger partial charge in [-0.2, -0.15) is 0 Å². The highest BCUT2D eigenvalue weighted by Crippen LogP contribution is 2.44. The van der Waals surface area contributed by atoms with Gasteiger partial charge in [-0.3, -0.25) is 4.90 Å². The molecule has 27 heavy (non-hydrogen) atoms. The molecule has 4 rings (SSSR count). The molecule has 2 aliphatic rings. The normalized spacial score (nSPS) is 20.8. The van der Waals surface area contributed by atoms with Gasteiger partial charge in [0.05, 0.1) is 16.8 Å². The van der Waals surface area contributed by atoms with Crippen LogP contribution >= 0.6 is 23.2 Å². The third kappa shape index (κ3) is 3.19. The van der Waals surface area contributed by atoms with Crippen molar-refractivity contribution in [3.8, 4) is 5.75 Å². The Morgan fingerprint density at radius 1 is 1.15 bits per heavy atom. The number of rotatable bonds is 1. The molecule has 2 aromatic carbocycles. The molecular weight excluding hydrogens is 391 g/mol. The van der Waals surface area contributed by atoms with Gasteiger partial charge in [-0.15, -0.1) is 0 Å². The van der Waals surface area contributed by atoms with Crippen LogP contribution in [0.25, 0.3) is 0 Å². The van der Waals surface area contributed by atoms with Crippen molar-refractivity contribution in [3.05, 3.63) is 58.1 Å². The first-order chi connectivity index (χ1) is 13.0. The SMILES string of the molecule is O=C(Oc1ccc(Cl)cc1Cl)N1CCC2C(C1)c1ccccc1N2C(=O)O. The monoisotopic (exact) mass is 406 g/mol. The average Bonchev–Trinajstić information content (AvgIpc) is 2.98. The second-order valence-electron chi connectivity index (χ2n) is 6.56. The summed E-state index contributed by atoms with van der Waals surface area (Å²) in [6, 6.07) is 11.9. The van der Waals surface area contributed by atoms with E-state index >= 15 is 0 Å². The van der Waals surface area contributed by atoms with E-state index in [1.54, 1.807) is 23.1 Å². The molecule has 2 unspecified atom stereocenters. The maximum absolute atomic E-state index is 12.6. The van der Waals surface area contributed by atoms with E-state index in [1.807, 2.05) is 18.2 Å². The quantitative estimate of drug-likeness (QED) is 0.734. The summed E-state index contributed by atoms with van der Waals surface area (Å²) in [5.74, 6) is 0.159. The van der Waals surface area contributed by atoms with Gasteiger partial charge >= 0.3 is 12.2 Å². The largest absolute Gasteiger partial charge is 0.465 e. The molecular formula is C19H16Cl2N2O4. The van der Waals surface area contributed by atoms with Crippen LogP contribution in [0.2, 0.25) is 10.0 Å². The van der Waals surface area contributed by atoms with E-state index in [0.29, 0.717) is 30.2 Å².